The third kappa shape index (κ3) is 5.97. The molecule has 0 radical (unpaired) electrons. The predicted molar refractivity (Wildman–Crippen MR) is 292 cm³/mol. The zero-order valence-corrected chi connectivity index (χ0v) is 40.0. The van der Waals surface area contributed by atoms with E-state index in [1.54, 1.807) is 0 Å². The summed E-state index contributed by atoms with van der Waals surface area (Å²) >= 11 is 0. The molecule has 4 aromatic heterocycles. The van der Waals surface area contributed by atoms with Gasteiger partial charge in [0.1, 0.15) is 0 Å². The number of anilines is 6. The molecule has 0 bridgehead atoms. The van der Waals surface area contributed by atoms with Gasteiger partial charge in [0.05, 0.1) is 67.7 Å². The minimum absolute atomic E-state index is 0.0699. The van der Waals surface area contributed by atoms with Crippen LogP contribution in [0.1, 0.15) is 63.8 Å². The van der Waals surface area contributed by atoms with Crippen molar-refractivity contribution in [1.82, 2.24) is 8.80 Å². The van der Waals surface area contributed by atoms with Crippen molar-refractivity contribution < 1.29 is 0 Å². The highest BCUT2D eigenvalue weighted by Gasteiger charge is 2.29. The smallest absolute Gasteiger partial charge is 0.0992 e. The molecular formula is C64H48N6. The fourth-order valence-corrected chi connectivity index (χ4v) is 11.3. The van der Waals surface area contributed by atoms with Crippen LogP contribution in [0.15, 0.2) is 182 Å². The molecule has 6 nitrogen and oxygen atoms in total. The van der Waals surface area contributed by atoms with Crippen molar-refractivity contribution in [2.24, 2.45) is 0 Å². The van der Waals surface area contributed by atoms with Gasteiger partial charge in [0.25, 0.3) is 0 Å². The maximum Gasteiger partial charge on any atom is 0.0992 e. The molecule has 13 aromatic rings. The van der Waals surface area contributed by atoms with Gasteiger partial charge >= 0.3 is 0 Å². The molecule has 0 spiro atoms. The molecule has 0 fully saturated rings. The number of hydrogen-bond donors (Lipinski definition) is 0. The van der Waals surface area contributed by atoms with Crippen molar-refractivity contribution in [2.45, 2.75) is 52.4 Å². The minimum Gasteiger partial charge on any atom is -0.310 e. The first-order valence-electron chi connectivity index (χ1n) is 24.0. The Labute approximate surface area is 406 Å². The number of hydrogen-bond acceptors (Lipinski definition) is 4. The first-order valence-corrected chi connectivity index (χ1v) is 24.0. The number of nitriles is 2. The highest BCUT2D eigenvalue weighted by molar-refractivity contribution is 6.32. The summed E-state index contributed by atoms with van der Waals surface area (Å²) in [7, 11) is 0. The molecular weight excluding hydrogens is 853 g/mol. The summed E-state index contributed by atoms with van der Waals surface area (Å²) in [6.45, 7) is 13.7. The van der Waals surface area contributed by atoms with Gasteiger partial charge in [-0.3, -0.25) is 0 Å². The standard InChI is InChI=1S/C64H48N6/c1-63(2,3)41-23-27-53-51(33-41)59-55(67(43-17-9-7-10-18-43)45-21-13-15-39(31-45)37-65)29-25-47-49-36-58-50(35-57(49)69(53)61(47)59)48-26-30-56(60-52-34-42(64(4,5)6)24-28-54(52)70(58)62(48)60)68(44-19-11-8-12-20-44)46-22-14-16-40(32-46)38-66/h7-36H,1-6H3. The Morgan fingerprint density at radius 3 is 1.14 bits per heavy atom. The van der Waals surface area contributed by atoms with Gasteiger partial charge in [-0.05, 0) is 131 Å². The van der Waals surface area contributed by atoms with Gasteiger partial charge in [0.2, 0.25) is 0 Å². The molecule has 334 valence electrons. The summed E-state index contributed by atoms with van der Waals surface area (Å²) in [5.74, 6) is 0. The number of benzene rings is 9. The molecule has 0 saturated carbocycles. The Morgan fingerprint density at radius 1 is 0.357 bits per heavy atom. The predicted octanol–water partition coefficient (Wildman–Crippen LogP) is 17.3. The van der Waals surface area contributed by atoms with E-state index in [9.17, 15) is 10.5 Å². The van der Waals surface area contributed by atoms with Crippen LogP contribution in [0.5, 0.6) is 0 Å². The molecule has 0 aliphatic heterocycles. The Bertz CT molecular complexity index is 4060. The van der Waals surface area contributed by atoms with Crippen LogP contribution in [0, 0.1) is 22.7 Å². The Hall–Kier alpha value is -8.84. The average Bonchev–Trinajstić information content (AvgIpc) is 4.10. The van der Waals surface area contributed by atoms with Crippen LogP contribution in [0.4, 0.5) is 34.1 Å². The highest BCUT2D eigenvalue weighted by Crippen LogP contribution is 2.52. The second-order valence-electron chi connectivity index (χ2n) is 20.9. The van der Waals surface area contributed by atoms with Crippen LogP contribution in [0.3, 0.4) is 0 Å². The van der Waals surface area contributed by atoms with E-state index >= 15 is 0 Å². The number of rotatable bonds is 6. The lowest BCUT2D eigenvalue weighted by Gasteiger charge is -2.27. The molecule has 0 N–H and O–H groups in total. The highest BCUT2D eigenvalue weighted by atomic mass is 15.2. The number of aromatic nitrogens is 2. The van der Waals surface area contributed by atoms with Gasteiger partial charge in [-0.2, -0.15) is 10.5 Å². The van der Waals surface area contributed by atoms with Crippen LogP contribution in [-0.4, -0.2) is 8.80 Å². The van der Waals surface area contributed by atoms with E-state index < -0.39 is 0 Å². The van der Waals surface area contributed by atoms with Crippen LogP contribution in [-0.2, 0) is 10.8 Å². The molecule has 70 heavy (non-hydrogen) atoms. The summed E-state index contributed by atoms with van der Waals surface area (Å²) in [6, 6.07) is 69.8. The van der Waals surface area contributed by atoms with Gasteiger partial charge < -0.3 is 18.6 Å². The summed E-state index contributed by atoms with van der Waals surface area (Å²) in [6.07, 6.45) is 0. The van der Waals surface area contributed by atoms with Crippen LogP contribution >= 0.6 is 0 Å². The van der Waals surface area contributed by atoms with E-state index in [0.29, 0.717) is 11.1 Å². The van der Waals surface area contributed by atoms with Gasteiger partial charge in [0.15, 0.2) is 0 Å². The van der Waals surface area contributed by atoms with Gasteiger partial charge in [0, 0.05) is 65.8 Å². The van der Waals surface area contributed by atoms with Gasteiger partial charge in [-0.15, -0.1) is 0 Å². The molecule has 6 heteroatoms. The summed E-state index contributed by atoms with van der Waals surface area (Å²) < 4.78 is 5.01. The largest absolute Gasteiger partial charge is 0.310 e. The number of fused-ring (bicyclic) bond motifs is 12. The van der Waals surface area contributed by atoms with E-state index in [1.165, 1.54) is 65.3 Å². The minimum atomic E-state index is -0.0699. The van der Waals surface area contributed by atoms with Crippen LogP contribution in [0.2, 0.25) is 0 Å². The third-order valence-corrected chi connectivity index (χ3v) is 14.7. The van der Waals surface area contributed by atoms with Crippen LogP contribution < -0.4 is 9.80 Å². The molecule has 13 rings (SSSR count). The summed E-state index contributed by atoms with van der Waals surface area (Å²) in [4.78, 5) is 4.63. The second-order valence-corrected chi connectivity index (χ2v) is 20.9. The molecule has 0 aliphatic carbocycles. The van der Waals surface area contributed by atoms with E-state index in [2.05, 4.69) is 218 Å². The lowest BCUT2D eigenvalue weighted by Crippen LogP contribution is -2.11. The maximum atomic E-state index is 10.1. The van der Waals surface area contributed by atoms with Crippen molar-refractivity contribution >= 4 is 110 Å². The maximum absolute atomic E-state index is 10.1. The fourth-order valence-electron chi connectivity index (χ4n) is 11.3. The monoisotopic (exact) mass is 900 g/mol. The lowest BCUT2D eigenvalue weighted by atomic mass is 9.86. The fraction of sp³-hybridized carbons (Fsp3) is 0.125. The van der Waals surface area contributed by atoms with Crippen molar-refractivity contribution in [1.29, 1.82) is 10.5 Å². The molecule has 0 aliphatic rings. The van der Waals surface area contributed by atoms with E-state index in [1.807, 2.05) is 36.4 Å². The summed E-state index contributed by atoms with van der Waals surface area (Å²) in [5.41, 5.74) is 16.7. The first-order chi connectivity index (χ1) is 33.9. The Morgan fingerprint density at radius 2 is 0.757 bits per heavy atom. The lowest BCUT2D eigenvalue weighted by molar-refractivity contribution is 0.591. The SMILES string of the molecule is CC(C)(C)c1ccc2c(c1)c1c(N(c3ccccc3)c3cccc(C#N)c3)ccc3c4cc5c(cc4n2c31)c1ccc(N(c2ccccc2)c2cccc(C#N)c2)c2c3cc(C(C)(C)C)ccc3n5c12. The first kappa shape index (κ1) is 41.4. The van der Waals surface area contributed by atoms with Crippen LogP contribution in [0.25, 0.3) is 76.2 Å². The second kappa shape index (κ2) is 14.8. The van der Waals surface area contributed by atoms with Gasteiger partial charge in [-0.1, -0.05) is 114 Å². The molecule has 9 aromatic carbocycles. The summed E-state index contributed by atoms with van der Waals surface area (Å²) in [5, 5.41) is 29.7. The number of nitrogens with zero attached hydrogens (tertiary/aromatic N) is 6. The zero-order chi connectivity index (χ0) is 47.8. The van der Waals surface area contributed by atoms with E-state index in [4.69, 9.17) is 0 Å². The Kier molecular flexibility index (Phi) is 8.76. The van der Waals surface area contributed by atoms with Crippen molar-refractivity contribution in [3.8, 4) is 12.1 Å². The molecule has 0 amide bonds. The number of para-hydroxylation sites is 2. The topological polar surface area (TPSA) is 62.9 Å². The molecule has 0 saturated heterocycles. The van der Waals surface area contributed by atoms with Gasteiger partial charge in [-0.25, -0.2) is 0 Å². The quantitative estimate of drug-likeness (QED) is 0.167. The van der Waals surface area contributed by atoms with Crippen molar-refractivity contribution in [3.63, 3.8) is 0 Å². The third-order valence-electron chi connectivity index (χ3n) is 14.7. The Balaban J connectivity index is 1.16. The normalized spacial score (nSPS) is 12.4. The molecule has 0 atom stereocenters. The van der Waals surface area contributed by atoms with Crippen molar-refractivity contribution in [3.05, 3.63) is 204 Å². The molecule has 4 heterocycles. The van der Waals surface area contributed by atoms with E-state index in [-0.39, 0.29) is 10.8 Å². The van der Waals surface area contributed by atoms with E-state index in [0.717, 1.165) is 56.2 Å². The molecule has 0 unspecified atom stereocenters. The zero-order valence-electron chi connectivity index (χ0n) is 40.0. The van der Waals surface area contributed by atoms with Crippen molar-refractivity contribution in [2.75, 3.05) is 9.80 Å². The average molecular weight is 901 g/mol.